The Labute approximate surface area is 152 Å². The average Bonchev–Trinajstić information content (AvgIpc) is 2.89. The van der Waals surface area contributed by atoms with Crippen LogP contribution in [0.5, 0.6) is 5.75 Å². The molecule has 2 aromatic rings. The lowest BCUT2D eigenvalue weighted by molar-refractivity contribution is 0.0317. The van der Waals surface area contributed by atoms with E-state index in [1.807, 2.05) is 6.92 Å². The third-order valence-electron chi connectivity index (χ3n) is 4.09. The third-order valence-corrected chi connectivity index (χ3v) is 4.09. The minimum Gasteiger partial charge on any atom is -0.494 e. The number of H-pyrrole nitrogens is 1. The molecule has 26 heavy (non-hydrogen) atoms. The lowest BCUT2D eigenvalue weighted by Crippen LogP contribution is -2.25. The maximum Gasteiger partial charge on any atom is 0.338 e. The van der Waals surface area contributed by atoms with Crippen LogP contribution < -0.4 is 4.74 Å². The summed E-state index contributed by atoms with van der Waals surface area (Å²) in [4.78, 5) is 39.5. The maximum absolute atomic E-state index is 12.6. The zero-order valence-electron chi connectivity index (χ0n) is 15.6. The van der Waals surface area contributed by atoms with Gasteiger partial charge in [-0.3, -0.25) is 9.59 Å². The van der Waals surface area contributed by atoms with Crippen molar-refractivity contribution in [2.24, 2.45) is 0 Å². The largest absolute Gasteiger partial charge is 0.494 e. The van der Waals surface area contributed by atoms with E-state index in [1.54, 1.807) is 38.1 Å². The van der Waals surface area contributed by atoms with Crippen LogP contribution >= 0.6 is 0 Å². The van der Waals surface area contributed by atoms with Crippen LogP contribution in [-0.4, -0.2) is 35.2 Å². The molecule has 0 bridgehead atoms. The molecule has 6 nitrogen and oxygen atoms in total. The lowest BCUT2D eigenvalue weighted by Gasteiger charge is -2.12. The molecule has 0 aliphatic carbocycles. The van der Waals surface area contributed by atoms with Gasteiger partial charge in [-0.1, -0.05) is 0 Å². The van der Waals surface area contributed by atoms with Gasteiger partial charge in [0.1, 0.15) is 5.75 Å². The number of Topliss-reactive ketones (excluding diaryl/α,β-unsaturated/α-hetero) is 2. The van der Waals surface area contributed by atoms with Gasteiger partial charge in [0, 0.05) is 11.3 Å². The molecule has 1 atom stereocenters. The number of ketones is 2. The van der Waals surface area contributed by atoms with Gasteiger partial charge < -0.3 is 14.5 Å². The normalized spacial score (nSPS) is 11.7. The van der Waals surface area contributed by atoms with Gasteiger partial charge in [0.05, 0.1) is 17.9 Å². The predicted molar refractivity (Wildman–Crippen MR) is 97.1 cm³/mol. The zero-order chi connectivity index (χ0) is 19.4. The smallest absolute Gasteiger partial charge is 0.338 e. The van der Waals surface area contributed by atoms with Gasteiger partial charge >= 0.3 is 5.97 Å². The van der Waals surface area contributed by atoms with Crippen LogP contribution in [0.25, 0.3) is 0 Å². The van der Waals surface area contributed by atoms with Gasteiger partial charge in [-0.2, -0.15) is 0 Å². The van der Waals surface area contributed by atoms with Crippen molar-refractivity contribution >= 4 is 17.5 Å². The van der Waals surface area contributed by atoms with Gasteiger partial charge in [0.15, 0.2) is 11.9 Å². The highest BCUT2D eigenvalue weighted by atomic mass is 16.5. The van der Waals surface area contributed by atoms with Crippen molar-refractivity contribution in [3.8, 4) is 5.75 Å². The molecule has 0 spiro atoms. The van der Waals surface area contributed by atoms with E-state index in [-0.39, 0.29) is 11.6 Å². The second kappa shape index (κ2) is 7.99. The van der Waals surface area contributed by atoms with Crippen LogP contribution in [0.1, 0.15) is 63.2 Å². The van der Waals surface area contributed by atoms with Gasteiger partial charge in [0.25, 0.3) is 0 Å². The van der Waals surface area contributed by atoms with Crippen LogP contribution in [-0.2, 0) is 4.74 Å². The number of carbonyl (C=O) groups excluding carboxylic acids is 3. The zero-order valence-corrected chi connectivity index (χ0v) is 15.6. The second-order valence-corrected chi connectivity index (χ2v) is 6.05. The molecule has 6 heteroatoms. The lowest BCUT2D eigenvalue weighted by atomic mass is 10.0. The van der Waals surface area contributed by atoms with E-state index in [0.29, 0.717) is 40.4 Å². The van der Waals surface area contributed by atoms with E-state index in [1.165, 1.54) is 13.8 Å². The standard InChI is InChI=1S/C20H23NO5/c1-6-25-16-9-7-15(8-10-16)20(24)26-14(5)19(23)18-11(2)17(13(4)22)12(3)21-18/h7-10,14,21H,6H2,1-5H3. The van der Waals surface area contributed by atoms with E-state index < -0.39 is 12.1 Å². The predicted octanol–water partition coefficient (Wildman–Crippen LogP) is 3.66. The maximum atomic E-state index is 12.6. The molecule has 1 aromatic carbocycles. The van der Waals surface area contributed by atoms with E-state index >= 15 is 0 Å². The number of benzene rings is 1. The molecule has 138 valence electrons. The average molecular weight is 357 g/mol. The number of aromatic nitrogens is 1. The van der Waals surface area contributed by atoms with Crippen LogP contribution in [0, 0.1) is 13.8 Å². The first kappa shape index (κ1) is 19.4. The minimum atomic E-state index is -0.981. The third kappa shape index (κ3) is 4.02. The summed E-state index contributed by atoms with van der Waals surface area (Å²) in [6.07, 6.45) is -0.981. The van der Waals surface area contributed by atoms with Crippen molar-refractivity contribution in [1.29, 1.82) is 0 Å². The molecule has 1 N–H and O–H groups in total. The first-order valence-electron chi connectivity index (χ1n) is 8.44. The number of rotatable bonds is 7. The van der Waals surface area contributed by atoms with E-state index in [9.17, 15) is 14.4 Å². The molecule has 0 aliphatic heterocycles. The highest BCUT2D eigenvalue weighted by molar-refractivity contribution is 6.05. The molecule has 0 radical (unpaired) electrons. The fourth-order valence-corrected chi connectivity index (χ4v) is 2.86. The quantitative estimate of drug-likeness (QED) is 0.604. The molecule has 1 heterocycles. The number of hydrogen-bond acceptors (Lipinski definition) is 5. The Bertz CT molecular complexity index is 833. The van der Waals surface area contributed by atoms with Crippen molar-refractivity contribution in [1.82, 2.24) is 4.98 Å². The summed E-state index contributed by atoms with van der Waals surface area (Å²) in [6.45, 7) is 8.81. The fourth-order valence-electron chi connectivity index (χ4n) is 2.86. The number of hydrogen-bond donors (Lipinski definition) is 1. The summed E-state index contributed by atoms with van der Waals surface area (Å²) in [5.74, 6) is -0.434. The van der Waals surface area contributed by atoms with Crippen molar-refractivity contribution in [2.45, 2.75) is 40.7 Å². The molecule has 0 aliphatic rings. The number of ether oxygens (including phenoxy) is 2. The Morgan fingerprint density at radius 3 is 2.23 bits per heavy atom. The van der Waals surface area contributed by atoms with Crippen molar-refractivity contribution in [2.75, 3.05) is 6.61 Å². The number of aryl methyl sites for hydroxylation is 1. The first-order valence-corrected chi connectivity index (χ1v) is 8.44. The molecule has 0 saturated heterocycles. The number of aromatic amines is 1. The summed E-state index contributed by atoms with van der Waals surface area (Å²) < 4.78 is 10.6. The van der Waals surface area contributed by atoms with Gasteiger partial charge in [-0.05, 0) is 64.4 Å². The van der Waals surface area contributed by atoms with Crippen molar-refractivity contribution < 1.29 is 23.9 Å². The van der Waals surface area contributed by atoms with Crippen LogP contribution in [0.3, 0.4) is 0 Å². The number of esters is 1. The molecule has 0 amide bonds. The van der Waals surface area contributed by atoms with E-state index in [0.717, 1.165) is 0 Å². The summed E-state index contributed by atoms with van der Waals surface area (Å²) in [6, 6.07) is 6.51. The molecule has 2 rings (SSSR count). The highest BCUT2D eigenvalue weighted by Crippen LogP contribution is 2.21. The molecule has 1 unspecified atom stereocenters. The molecule has 0 fully saturated rings. The second-order valence-electron chi connectivity index (χ2n) is 6.05. The fraction of sp³-hybridized carbons (Fsp3) is 0.350. The summed E-state index contributed by atoms with van der Waals surface area (Å²) in [5, 5.41) is 0. The number of carbonyl (C=O) groups is 3. The van der Waals surface area contributed by atoms with Crippen LogP contribution in [0.15, 0.2) is 24.3 Å². The highest BCUT2D eigenvalue weighted by Gasteiger charge is 2.26. The molecule has 0 saturated carbocycles. The summed E-state index contributed by atoms with van der Waals surface area (Å²) in [5.41, 5.74) is 2.32. The Kier molecular flexibility index (Phi) is 5.97. The van der Waals surface area contributed by atoms with Gasteiger partial charge in [0.2, 0.25) is 5.78 Å². The molecular weight excluding hydrogens is 334 g/mol. The van der Waals surface area contributed by atoms with Gasteiger partial charge in [-0.15, -0.1) is 0 Å². The van der Waals surface area contributed by atoms with E-state index in [4.69, 9.17) is 9.47 Å². The van der Waals surface area contributed by atoms with Crippen LogP contribution in [0.4, 0.5) is 0 Å². The first-order chi connectivity index (χ1) is 12.3. The Morgan fingerprint density at radius 2 is 1.73 bits per heavy atom. The Hall–Kier alpha value is -2.89. The minimum absolute atomic E-state index is 0.116. The van der Waals surface area contributed by atoms with Crippen LogP contribution in [0.2, 0.25) is 0 Å². The van der Waals surface area contributed by atoms with Crippen molar-refractivity contribution in [3.63, 3.8) is 0 Å². The van der Waals surface area contributed by atoms with Gasteiger partial charge in [-0.25, -0.2) is 4.79 Å². The topological polar surface area (TPSA) is 85.5 Å². The monoisotopic (exact) mass is 357 g/mol. The summed E-state index contributed by atoms with van der Waals surface area (Å²) >= 11 is 0. The molecular formula is C20H23NO5. The Balaban J connectivity index is 2.13. The molecule has 1 aromatic heterocycles. The SMILES string of the molecule is CCOc1ccc(C(=O)OC(C)C(=O)c2[nH]c(C)c(C(C)=O)c2C)cc1. The number of nitrogens with one attached hydrogen (secondary N) is 1. The summed E-state index contributed by atoms with van der Waals surface area (Å²) in [7, 11) is 0. The Morgan fingerprint density at radius 1 is 1.12 bits per heavy atom. The van der Waals surface area contributed by atoms with Crippen molar-refractivity contribution in [3.05, 3.63) is 52.3 Å². The van der Waals surface area contributed by atoms with E-state index in [2.05, 4.69) is 4.98 Å².